The Bertz CT molecular complexity index is 413. The van der Waals surface area contributed by atoms with Crippen LogP contribution >= 0.6 is 0 Å². The number of aromatic nitrogens is 1. The van der Waals surface area contributed by atoms with Crippen LogP contribution in [0.3, 0.4) is 0 Å². The first-order valence-electron chi connectivity index (χ1n) is 4.25. The van der Waals surface area contributed by atoms with Crippen LogP contribution in [0.5, 0.6) is 5.88 Å². The number of ether oxygens (including phenoxy) is 2. The summed E-state index contributed by atoms with van der Waals surface area (Å²) in [6.45, 7) is 0. The fourth-order valence-electron chi connectivity index (χ4n) is 1.24. The minimum atomic E-state index is -0.775. The highest BCUT2D eigenvalue weighted by atomic mass is 16.5. The van der Waals surface area contributed by atoms with E-state index in [1.807, 2.05) is 0 Å². The summed E-state index contributed by atoms with van der Waals surface area (Å²) in [7, 11) is 1.51. The van der Waals surface area contributed by atoms with Crippen molar-refractivity contribution in [2.24, 2.45) is 10.7 Å². The van der Waals surface area contributed by atoms with E-state index < -0.39 is 12.0 Å². The molecule has 78 valence electrons. The molecule has 1 aromatic rings. The maximum Gasteiger partial charge on any atom is 0.296 e. The fourth-order valence-corrected chi connectivity index (χ4v) is 1.24. The van der Waals surface area contributed by atoms with Gasteiger partial charge in [-0.25, -0.2) is 4.98 Å². The number of pyridine rings is 1. The Labute approximate surface area is 85.7 Å². The van der Waals surface area contributed by atoms with Crippen LogP contribution in [-0.4, -0.2) is 24.0 Å². The molecule has 0 fully saturated rings. The molecule has 15 heavy (non-hydrogen) atoms. The molecule has 0 saturated heterocycles. The van der Waals surface area contributed by atoms with E-state index in [2.05, 4.69) is 9.98 Å². The van der Waals surface area contributed by atoms with Gasteiger partial charge in [0.05, 0.1) is 7.11 Å². The normalized spacial score (nSPS) is 19.7. The van der Waals surface area contributed by atoms with Crippen LogP contribution in [0.2, 0.25) is 0 Å². The zero-order valence-electron chi connectivity index (χ0n) is 8.01. The van der Waals surface area contributed by atoms with Crippen molar-refractivity contribution in [2.75, 3.05) is 7.11 Å². The molecule has 1 aliphatic rings. The maximum absolute atomic E-state index is 11.3. The summed E-state index contributed by atoms with van der Waals surface area (Å²) in [4.78, 5) is 18.7. The Kier molecular flexibility index (Phi) is 2.24. The van der Waals surface area contributed by atoms with Crippen molar-refractivity contribution in [2.45, 2.75) is 6.10 Å². The Morgan fingerprint density at radius 3 is 2.80 bits per heavy atom. The lowest BCUT2D eigenvalue weighted by molar-refractivity contribution is -0.122. The molecule has 1 amide bonds. The van der Waals surface area contributed by atoms with Gasteiger partial charge in [-0.05, 0) is 6.07 Å². The lowest BCUT2D eigenvalue weighted by Gasteiger charge is -2.08. The SMILES string of the molecule is COc1ccc(C2OC(N)=NC2=O)cn1. The number of carbonyl (C=O) groups excluding carboxylic acids is 1. The molecule has 0 spiro atoms. The van der Waals surface area contributed by atoms with Crippen LogP contribution in [0.4, 0.5) is 0 Å². The van der Waals surface area contributed by atoms with Crippen molar-refractivity contribution in [3.63, 3.8) is 0 Å². The zero-order valence-corrected chi connectivity index (χ0v) is 8.01. The third kappa shape index (κ3) is 1.74. The van der Waals surface area contributed by atoms with Gasteiger partial charge < -0.3 is 15.2 Å². The van der Waals surface area contributed by atoms with E-state index in [-0.39, 0.29) is 6.02 Å². The number of amidine groups is 1. The molecule has 1 atom stereocenters. The second-order valence-electron chi connectivity index (χ2n) is 2.92. The van der Waals surface area contributed by atoms with Crippen molar-refractivity contribution in [3.05, 3.63) is 23.9 Å². The molecule has 1 aliphatic heterocycles. The molecule has 0 radical (unpaired) electrons. The third-order valence-electron chi connectivity index (χ3n) is 1.95. The van der Waals surface area contributed by atoms with Gasteiger partial charge in [0.15, 0.2) is 0 Å². The molecule has 2 rings (SSSR count). The van der Waals surface area contributed by atoms with Gasteiger partial charge in [0, 0.05) is 17.8 Å². The van der Waals surface area contributed by atoms with E-state index in [9.17, 15) is 4.79 Å². The highest BCUT2D eigenvalue weighted by Gasteiger charge is 2.29. The number of hydrogen-bond acceptors (Lipinski definition) is 5. The Morgan fingerprint density at radius 2 is 2.33 bits per heavy atom. The number of rotatable bonds is 2. The Hall–Kier alpha value is -2.11. The van der Waals surface area contributed by atoms with Crippen molar-refractivity contribution < 1.29 is 14.3 Å². The van der Waals surface area contributed by atoms with Crippen molar-refractivity contribution in [1.82, 2.24) is 4.98 Å². The zero-order chi connectivity index (χ0) is 10.8. The molecule has 1 unspecified atom stereocenters. The molecule has 2 N–H and O–H groups in total. The van der Waals surface area contributed by atoms with Crippen LogP contribution in [0.15, 0.2) is 23.3 Å². The van der Waals surface area contributed by atoms with E-state index >= 15 is 0 Å². The van der Waals surface area contributed by atoms with Crippen LogP contribution in [0, 0.1) is 0 Å². The molecule has 6 heteroatoms. The van der Waals surface area contributed by atoms with Gasteiger partial charge in [-0.15, -0.1) is 0 Å². The molecular formula is C9H9N3O3. The van der Waals surface area contributed by atoms with E-state index in [0.717, 1.165) is 0 Å². The summed E-state index contributed by atoms with van der Waals surface area (Å²) in [6.07, 6.45) is 0.721. The quantitative estimate of drug-likeness (QED) is 0.737. The van der Waals surface area contributed by atoms with Crippen molar-refractivity contribution in [1.29, 1.82) is 0 Å². The van der Waals surface area contributed by atoms with Gasteiger partial charge in [0.2, 0.25) is 12.0 Å². The largest absolute Gasteiger partial charge is 0.481 e. The van der Waals surface area contributed by atoms with Gasteiger partial charge >= 0.3 is 0 Å². The summed E-state index contributed by atoms with van der Waals surface area (Å²) < 4.78 is 9.92. The first-order chi connectivity index (χ1) is 7.20. The average Bonchev–Trinajstić information content (AvgIpc) is 2.58. The molecule has 0 aromatic carbocycles. The van der Waals surface area contributed by atoms with Crippen LogP contribution in [-0.2, 0) is 9.53 Å². The highest BCUT2D eigenvalue weighted by Crippen LogP contribution is 2.23. The number of amides is 1. The number of nitrogens with zero attached hydrogens (tertiary/aromatic N) is 2. The van der Waals surface area contributed by atoms with Crippen LogP contribution < -0.4 is 10.5 Å². The van der Waals surface area contributed by atoms with Gasteiger partial charge in [-0.1, -0.05) is 0 Å². The molecule has 0 aliphatic carbocycles. The monoisotopic (exact) mass is 207 g/mol. The third-order valence-corrected chi connectivity index (χ3v) is 1.95. The number of hydrogen-bond donors (Lipinski definition) is 1. The summed E-state index contributed by atoms with van der Waals surface area (Å²) in [6, 6.07) is 3.21. The second kappa shape index (κ2) is 3.56. The minimum absolute atomic E-state index is 0.110. The molecule has 1 aromatic heterocycles. The molecule has 0 bridgehead atoms. The molecule has 2 heterocycles. The maximum atomic E-state index is 11.3. The Morgan fingerprint density at radius 1 is 1.53 bits per heavy atom. The number of carbonyl (C=O) groups is 1. The molecule has 0 saturated carbocycles. The van der Waals surface area contributed by atoms with Gasteiger partial charge in [0.1, 0.15) is 0 Å². The fraction of sp³-hybridized carbons (Fsp3) is 0.222. The minimum Gasteiger partial charge on any atom is -0.481 e. The smallest absolute Gasteiger partial charge is 0.296 e. The lowest BCUT2D eigenvalue weighted by atomic mass is 10.1. The number of methoxy groups -OCH3 is 1. The first-order valence-corrected chi connectivity index (χ1v) is 4.25. The highest BCUT2D eigenvalue weighted by molar-refractivity contribution is 5.98. The summed E-state index contributed by atoms with van der Waals surface area (Å²) in [5.74, 6) is 0.0533. The Balaban J connectivity index is 2.21. The summed E-state index contributed by atoms with van der Waals surface area (Å²) in [5.41, 5.74) is 5.87. The number of aliphatic imine (C=N–C) groups is 1. The van der Waals surface area contributed by atoms with Gasteiger partial charge in [-0.2, -0.15) is 4.99 Å². The predicted molar refractivity (Wildman–Crippen MR) is 51.2 cm³/mol. The van der Waals surface area contributed by atoms with E-state index in [4.69, 9.17) is 15.2 Å². The summed E-state index contributed by atoms with van der Waals surface area (Å²) in [5, 5.41) is 0. The van der Waals surface area contributed by atoms with Crippen LogP contribution in [0.1, 0.15) is 11.7 Å². The van der Waals surface area contributed by atoms with Crippen molar-refractivity contribution >= 4 is 11.9 Å². The van der Waals surface area contributed by atoms with Gasteiger partial charge in [-0.3, -0.25) is 4.79 Å². The standard InChI is InChI=1S/C9H9N3O3/c1-14-6-3-2-5(4-11-6)7-8(13)12-9(10)15-7/h2-4,7H,1H3,(H2,10,12,13). The second-order valence-corrected chi connectivity index (χ2v) is 2.92. The first kappa shape index (κ1) is 9.45. The lowest BCUT2D eigenvalue weighted by Crippen LogP contribution is -2.14. The molecular weight excluding hydrogens is 198 g/mol. The van der Waals surface area contributed by atoms with Crippen molar-refractivity contribution in [3.8, 4) is 5.88 Å². The van der Waals surface area contributed by atoms with E-state index in [1.54, 1.807) is 12.1 Å². The molecule has 6 nitrogen and oxygen atoms in total. The summed E-state index contributed by atoms with van der Waals surface area (Å²) >= 11 is 0. The predicted octanol–water partition coefficient (Wildman–Crippen LogP) is 0.00280. The average molecular weight is 207 g/mol. The number of nitrogens with two attached hydrogens (primary N) is 1. The van der Waals surface area contributed by atoms with E-state index in [0.29, 0.717) is 11.4 Å². The van der Waals surface area contributed by atoms with Crippen LogP contribution in [0.25, 0.3) is 0 Å². The van der Waals surface area contributed by atoms with E-state index in [1.165, 1.54) is 13.3 Å². The van der Waals surface area contributed by atoms with Gasteiger partial charge in [0.25, 0.3) is 11.9 Å². The topological polar surface area (TPSA) is 86.8 Å².